The minimum Gasteiger partial charge on any atom is -0.314 e. The van der Waals surface area contributed by atoms with Gasteiger partial charge in [0.05, 0.1) is 4.90 Å². The van der Waals surface area contributed by atoms with Crippen LogP contribution in [-0.4, -0.2) is 40.1 Å². The fourth-order valence-corrected chi connectivity index (χ4v) is 5.54. The maximum Gasteiger partial charge on any atom is 0.243 e. The van der Waals surface area contributed by atoms with E-state index in [2.05, 4.69) is 30.7 Å². The zero-order valence-electron chi connectivity index (χ0n) is 13.9. The molecule has 1 saturated carbocycles. The molecule has 4 rings (SSSR count). The van der Waals surface area contributed by atoms with Crippen molar-refractivity contribution < 1.29 is 8.42 Å². The van der Waals surface area contributed by atoms with Gasteiger partial charge in [-0.15, -0.1) is 10.2 Å². The summed E-state index contributed by atoms with van der Waals surface area (Å²) in [4.78, 5) is 0.365. The van der Waals surface area contributed by atoms with Crippen molar-refractivity contribution in [2.45, 2.75) is 55.5 Å². The molecule has 6 nitrogen and oxygen atoms in total. The van der Waals surface area contributed by atoms with E-state index >= 15 is 0 Å². The quantitative estimate of drug-likeness (QED) is 0.713. The molecule has 0 N–H and O–H groups in total. The molecule has 1 aromatic carbocycles. The summed E-state index contributed by atoms with van der Waals surface area (Å²) in [5.41, 5.74) is 0. The van der Waals surface area contributed by atoms with Crippen LogP contribution in [0.5, 0.6) is 0 Å². The molecule has 134 valence electrons. The van der Waals surface area contributed by atoms with Crippen LogP contribution in [0.2, 0.25) is 0 Å². The van der Waals surface area contributed by atoms with E-state index in [0.29, 0.717) is 17.5 Å². The molecule has 1 atom stereocenters. The van der Waals surface area contributed by atoms with Crippen LogP contribution in [0.4, 0.5) is 0 Å². The van der Waals surface area contributed by atoms with Crippen molar-refractivity contribution in [3.63, 3.8) is 0 Å². The summed E-state index contributed by atoms with van der Waals surface area (Å²) in [6.45, 7) is 0.596. The van der Waals surface area contributed by atoms with Crippen LogP contribution in [0.3, 0.4) is 0 Å². The van der Waals surface area contributed by atoms with E-state index in [1.165, 1.54) is 12.8 Å². The van der Waals surface area contributed by atoms with Gasteiger partial charge >= 0.3 is 0 Å². The third kappa shape index (κ3) is 3.52. The Kier molecular flexibility index (Phi) is 4.68. The van der Waals surface area contributed by atoms with Crippen molar-refractivity contribution in [1.29, 1.82) is 0 Å². The van der Waals surface area contributed by atoms with Crippen LogP contribution in [0.15, 0.2) is 40.0 Å². The van der Waals surface area contributed by atoms with Crippen LogP contribution < -0.4 is 0 Å². The van der Waals surface area contributed by atoms with E-state index < -0.39 is 10.0 Å². The van der Waals surface area contributed by atoms with Crippen molar-refractivity contribution in [2.24, 2.45) is 0 Å². The first-order valence-corrected chi connectivity index (χ1v) is 10.9. The van der Waals surface area contributed by atoms with Crippen molar-refractivity contribution in [1.82, 2.24) is 19.1 Å². The molecule has 0 amide bonds. The molecule has 0 spiro atoms. The van der Waals surface area contributed by atoms with Crippen molar-refractivity contribution in [3.8, 4) is 0 Å². The Morgan fingerprint density at radius 3 is 2.64 bits per heavy atom. The lowest BCUT2D eigenvalue weighted by Crippen LogP contribution is -2.36. The fraction of sp³-hybridized carbons (Fsp3) is 0.529. The number of aryl methyl sites for hydroxylation is 1. The number of benzene rings is 1. The van der Waals surface area contributed by atoms with E-state index in [1.54, 1.807) is 34.9 Å². The molecular weight excluding hydrogens is 404 g/mol. The summed E-state index contributed by atoms with van der Waals surface area (Å²) >= 11 is 3.35. The van der Waals surface area contributed by atoms with Gasteiger partial charge in [-0.25, -0.2) is 8.42 Å². The molecule has 2 aliphatic rings. The smallest absolute Gasteiger partial charge is 0.243 e. The van der Waals surface area contributed by atoms with Gasteiger partial charge in [0.25, 0.3) is 0 Å². The molecule has 1 aliphatic heterocycles. The highest BCUT2D eigenvalue weighted by Gasteiger charge is 2.35. The molecule has 2 fully saturated rings. The highest BCUT2D eigenvalue weighted by Crippen LogP contribution is 2.36. The summed E-state index contributed by atoms with van der Waals surface area (Å²) in [5, 5.41) is 8.26. The van der Waals surface area contributed by atoms with Crippen LogP contribution in [0.25, 0.3) is 0 Å². The molecule has 8 heteroatoms. The molecule has 1 unspecified atom stereocenters. The molecule has 0 bridgehead atoms. The Morgan fingerprint density at radius 1 is 1.16 bits per heavy atom. The highest BCUT2D eigenvalue weighted by atomic mass is 79.9. The standard InChI is InChI=1S/C17H21BrN4O2S/c18-13-3-8-16(9-4-13)25(23,24)22-11-1-2-15(22)7-10-17-20-19-12-21(17)14-5-6-14/h3-4,8-9,12,14-15H,1-2,5-7,10-11H2. The van der Waals surface area contributed by atoms with Gasteiger partial charge in [-0.05, 0) is 56.4 Å². The maximum absolute atomic E-state index is 13.0. The Hall–Kier alpha value is -1.25. The van der Waals surface area contributed by atoms with Gasteiger partial charge in [-0.2, -0.15) is 4.31 Å². The molecule has 1 aromatic heterocycles. The van der Waals surface area contributed by atoms with E-state index in [1.807, 2.05) is 0 Å². The zero-order chi connectivity index (χ0) is 17.4. The molecule has 1 aliphatic carbocycles. The fourth-order valence-electron chi connectivity index (χ4n) is 3.55. The topological polar surface area (TPSA) is 68.1 Å². The minimum atomic E-state index is -3.44. The monoisotopic (exact) mass is 424 g/mol. The first kappa shape index (κ1) is 17.2. The summed E-state index contributed by atoms with van der Waals surface area (Å²) < 4.78 is 30.7. The Bertz CT molecular complexity index is 846. The molecule has 25 heavy (non-hydrogen) atoms. The average molecular weight is 425 g/mol. The van der Waals surface area contributed by atoms with Crippen LogP contribution in [0.1, 0.15) is 44.0 Å². The van der Waals surface area contributed by atoms with Gasteiger partial charge in [0.15, 0.2) is 0 Å². The van der Waals surface area contributed by atoms with Crippen molar-refractivity contribution in [3.05, 3.63) is 40.9 Å². The first-order valence-electron chi connectivity index (χ1n) is 8.71. The zero-order valence-corrected chi connectivity index (χ0v) is 16.3. The van der Waals surface area contributed by atoms with Gasteiger partial charge in [-0.1, -0.05) is 15.9 Å². The Balaban J connectivity index is 1.48. The van der Waals surface area contributed by atoms with Gasteiger partial charge < -0.3 is 4.57 Å². The summed E-state index contributed by atoms with van der Waals surface area (Å²) in [5.74, 6) is 0.982. The normalized spacial score (nSPS) is 21.7. The summed E-state index contributed by atoms with van der Waals surface area (Å²) in [6, 6.07) is 7.47. The number of nitrogens with zero attached hydrogens (tertiary/aromatic N) is 4. The molecule has 1 saturated heterocycles. The van der Waals surface area contributed by atoms with Gasteiger partial charge in [0, 0.05) is 29.5 Å². The lowest BCUT2D eigenvalue weighted by Gasteiger charge is -2.24. The van der Waals surface area contributed by atoms with Crippen molar-refractivity contribution in [2.75, 3.05) is 6.54 Å². The van der Waals surface area contributed by atoms with E-state index in [9.17, 15) is 8.42 Å². The second-order valence-corrected chi connectivity index (χ2v) is 9.60. The number of hydrogen-bond acceptors (Lipinski definition) is 4. The lowest BCUT2D eigenvalue weighted by atomic mass is 10.1. The highest BCUT2D eigenvalue weighted by molar-refractivity contribution is 9.10. The number of rotatable bonds is 6. The largest absolute Gasteiger partial charge is 0.314 e. The second kappa shape index (κ2) is 6.81. The van der Waals surface area contributed by atoms with Crippen LogP contribution in [-0.2, 0) is 16.4 Å². The third-order valence-electron chi connectivity index (χ3n) is 5.03. The van der Waals surface area contributed by atoms with Crippen molar-refractivity contribution >= 4 is 26.0 Å². The first-order chi connectivity index (χ1) is 12.1. The number of aromatic nitrogens is 3. The summed E-state index contributed by atoms with van der Waals surface area (Å²) in [6.07, 6.45) is 7.58. The third-order valence-corrected chi connectivity index (χ3v) is 7.53. The van der Waals surface area contributed by atoms with Crippen LogP contribution >= 0.6 is 15.9 Å². The molecule has 2 aromatic rings. The average Bonchev–Trinajstić information content (AvgIpc) is 3.14. The SMILES string of the molecule is O=S(=O)(c1ccc(Br)cc1)N1CCCC1CCc1nncn1C1CC1. The predicted octanol–water partition coefficient (Wildman–Crippen LogP) is 3.16. The molecular formula is C17H21BrN4O2S. The number of sulfonamides is 1. The van der Waals surface area contributed by atoms with E-state index in [0.717, 1.165) is 36.0 Å². The lowest BCUT2D eigenvalue weighted by molar-refractivity contribution is 0.367. The minimum absolute atomic E-state index is 0.0398. The van der Waals surface area contributed by atoms with Gasteiger partial charge in [-0.3, -0.25) is 0 Å². The number of halogens is 1. The van der Waals surface area contributed by atoms with E-state index in [-0.39, 0.29) is 6.04 Å². The maximum atomic E-state index is 13.0. The molecule has 2 heterocycles. The van der Waals surface area contributed by atoms with Gasteiger partial charge in [0.2, 0.25) is 10.0 Å². The predicted molar refractivity (Wildman–Crippen MR) is 97.7 cm³/mol. The second-order valence-electron chi connectivity index (χ2n) is 6.79. The Labute approximate surface area is 156 Å². The van der Waals surface area contributed by atoms with Gasteiger partial charge in [0.1, 0.15) is 12.2 Å². The Morgan fingerprint density at radius 2 is 1.92 bits per heavy atom. The van der Waals surface area contributed by atoms with Crippen LogP contribution in [0, 0.1) is 0 Å². The molecule has 0 radical (unpaired) electrons. The van der Waals surface area contributed by atoms with E-state index in [4.69, 9.17) is 0 Å². The summed E-state index contributed by atoms with van der Waals surface area (Å²) in [7, 11) is -3.44. The number of hydrogen-bond donors (Lipinski definition) is 0.